The molecule has 13 heavy (non-hydrogen) atoms. The Balaban J connectivity index is 2.37. The Morgan fingerprint density at radius 3 is 2.69 bits per heavy atom. The molecule has 1 aromatic rings. The summed E-state index contributed by atoms with van der Waals surface area (Å²) in [5.74, 6) is 1.58. The number of anilines is 1. The van der Waals surface area contributed by atoms with Crippen LogP contribution in [0.25, 0.3) is 0 Å². The van der Waals surface area contributed by atoms with Gasteiger partial charge in [0.1, 0.15) is 0 Å². The summed E-state index contributed by atoms with van der Waals surface area (Å²) in [6.45, 7) is 2.04. The molecule has 0 saturated carbocycles. The van der Waals surface area contributed by atoms with E-state index in [1.54, 1.807) is 11.8 Å². The quantitative estimate of drug-likeness (QED) is 0.799. The molecule has 70 valence electrons. The molecule has 0 heterocycles. The lowest BCUT2D eigenvalue weighted by Gasteiger charge is -2.03. The van der Waals surface area contributed by atoms with Gasteiger partial charge in [-0.3, -0.25) is 4.79 Å². The lowest BCUT2D eigenvalue weighted by Crippen LogP contribution is -2.13. The molecule has 0 aliphatic heterocycles. The first-order valence-corrected chi connectivity index (χ1v) is 5.41. The van der Waals surface area contributed by atoms with Crippen molar-refractivity contribution >= 4 is 23.4 Å². The minimum absolute atomic E-state index is 0.0676. The standard InChI is InChI=1S/C10H13NOS/c1-2-13-8-10(12)11-9-6-4-3-5-7-9/h3-7H,2,8H2,1H3,(H,11,12). The number of thioether (sulfide) groups is 1. The Hall–Kier alpha value is -0.960. The monoisotopic (exact) mass is 195 g/mol. The molecule has 0 atom stereocenters. The molecule has 1 amide bonds. The molecule has 0 aliphatic rings. The predicted octanol–water partition coefficient (Wildman–Crippen LogP) is 2.38. The van der Waals surface area contributed by atoms with E-state index in [1.807, 2.05) is 37.3 Å². The molecule has 0 saturated heterocycles. The van der Waals surface area contributed by atoms with Gasteiger partial charge in [-0.1, -0.05) is 25.1 Å². The highest BCUT2D eigenvalue weighted by Gasteiger charge is 1.99. The van der Waals surface area contributed by atoms with Crippen LogP contribution in [0.1, 0.15) is 6.92 Å². The number of nitrogens with one attached hydrogen (secondary N) is 1. The maximum atomic E-state index is 11.2. The number of hydrogen-bond acceptors (Lipinski definition) is 2. The number of carbonyl (C=O) groups excluding carboxylic acids is 1. The fraction of sp³-hybridized carbons (Fsp3) is 0.300. The first-order valence-electron chi connectivity index (χ1n) is 4.25. The first kappa shape index (κ1) is 10.1. The summed E-state index contributed by atoms with van der Waals surface area (Å²) in [6, 6.07) is 9.50. The number of amides is 1. The minimum Gasteiger partial charge on any atom is -0.325 e. The second-order valence-corrected chi connectivity index (χ2v) is 3.83. The second-order valence-electron chi connectivity index (χ2n) is 2.55. The topological polar surface area (TPSA) is 29.1 Å². The number of hydrogen-bond donors (Lipinski definition) is 1. The fourth-order valence-electron chi connectivity index (χ4n) is 0.913. The minimum atomic E-state index is 0.0676. The Morgan fingerprint density at radius 1 is 1.38 bits per heavy atom. The lowest BCUT2D eigenvalue weighted by molar-refractivity contribution is -0.113. The largest absolute Gasteiger partial charge is 0.325 e. The number of rotatable bonds is 4. The molecule has 0 fully saturated rings. The van der Waals surface area contributed by atoms with Crippen molar-refractivity contribution in [1.29, 1.82) is 0 Å². The Kier molecular flexibility index (Phi) is 4.40. The number of para-hydroxylation sites is 1. The molecular formula is C10H13NOS. The van der Waals surface area contributed by atoms with E-state index >= 15 is 0 Å². The normalized spacial score (nSPS) is 9.62. The molecule has 0 radical (unpaired) electrons. The van der Waals surface area contributed by atoms with Gasteiger partial charge in [0.2, 0.25) is 5.91 Å². The molecule has 1 aromatic carbocycles. The van der Waals surface area contributed by atoms with Gasteiger partial charge in [-0.2, -0.15) is 11.8 Å². The summed E-state index contributed by atoms with van der Waals surface area (Å²) in [7, 11) is 0. The van der Waals surface area contributed by atoms with Crippen LogP contribution in [0.2, 0.25) is 0 Å². The molecule has 1 N–H and O–H groups in total. The molecule has 0 aromatic heterocycles. The Labute approximate surface area is 82.7 Å². The van der Waals surface area contributed by atoms with Crippen LogP contribution in [0, 0.1) is 0 Å². The third-order valence-electron chi connectivity index (χ3n) is 1.49. The highest BCUT2D eigenvalue weighted by molar-refractivity contribution is 7.99. The van der Waals surface area contributed by atoms with Crippen LogP contribution in [0.15, 0.2) is 30.3 Å². The smallest absolute Gasteiger partial charge is 0.234 e. The van der Waals surface area contributed by atoms with Crippen molar-refractivity contribution in [3.8, 4) is 0 Å². The second kappa shape index (κ2) is 5.65. The maximum Gasteiger partial charge on any atom is 0.234 e. The maximum absolute atomic E-state index is 11.2. The van der Waals surface area contributed by atoms with Crippen molar-refractivity contribution < 1.29 is 4.79 Å². The van der Waals surface area contributed by atoms with E-state index in [9.17, 15) is 4.79 Å². The van der Waals surface area contributed by atoms with Gasteiger partial charge in [-0.05, 0) is 17.9 Å². The molecule has 0 spiro atoms. The van der Waals surface area contributed by atoms with Crippen LogP contribution in [0.5, 0.6) is 0 Å². The fourth-order valence-corrected chi connectivity index (χ4v) is 1.38. The van der Waals surface area contributed by atoms with Crippen LogP contribution in [-0.4, -0.2) is 17.4 Å². The van der Waals surface area contributed by atoms with Gasteiger partial charge in [0, 0.05) is 5.69 Å². The molecule has 2 nitrogen and oxygen atoms in total. The summed E-state index contributed by atoms with van der Waals surface area (Å²) < 4.78 is 0. The zero-order chi connectivity index (χ0) is 9.52. The molecule has 0 bridgehead atoms. The molecule has 3 heteroatoms. The Morgan fingerprint density at radius 2 is 2.08 bits per heavy atom. The van der Waals surface area contributed by atoms with Crippen LogP contribution in [0.3, 0.4) is 0 Å². The summed E-state index contributed by atoms with van der Waals surface area (Å²) in [5.41, 5.74) is 0.865. The number of benzene rings is 1. The summed E-state index contributed by atoms with van der Waals surface area (Å²) in [6.07, 6.45) is 0. The third-order valence-corrected chi connectivity index (χ3v) is 2.37. The Bertz CT molecular complexity index is 261. The van der Waals surface area contributed by atoms with Crippen LogP contribution < -0.4 is 5.32 Å². The van der Waals surface area contributed by atoms with Gasteiger partial charge in [0.15, 0.2) is 0 Å². The van der Waals surface area contributed by atoms with Gasteiger partial charge in [-0.25, -0.2) is 0 Å². The van der Waals surface area contributed by atoms with Crippen LogP contribution in [-0.2, 0) is 4.79 Å². The predicted molar refractivity (Wildman–Crippen MR) is 58.1 cm³/mol. The van der Waals surface area contributed by atoms with E-state index in [-0.39, 0.29) is 5.91 Å². The number of carbonyl (C=O) groups is 1. The van der Waals surface area contributed by atoms with Gasteiger partial charge in [-0.15, -0.1) is 0 Å². The van der Waals surface area contributed by atoms with E-state index in [2.05, 4.69) is 5.32 Å². The SMILES string of the molecule is CCSCC(=O)Nc1ccccc1. The van der Waals surface area contributed by atoms with Crippen molar-refractivity contribution in [1.82, 2.24) is 0 Å². The zero-order valence-electron chi connectivity index (χ0n) is 7.62. The van der Waals surface area contributed by atoms with Crippen LogP contribution in [0.4, 0.5) is 5.69 Å². The summed E-state index contributed by atoms with van der Waals surface area (Å²) in [4.78, 5) is 11.2. The molecule has 0 unspecified atom stereocenters. The average molecular weight is 195 g/mol. The highest BCUT2D eigenvalue weighted by atomic mass is 32.2. The molecular weight excluding hydrogens is 182 g/mol. The summed E-state index contributed by atoms with van der Waals surface area (Å²) >= 11 is 1.62. The van der Waals surface area contributed by atoms with Crippen molar-refractivity contribution in [2.24, 2.45) is 0 Å². The van der Waals surface area contributed by atoms with E-state index in [1.165, 1.54) is 0 Å². The highest BCUT2D eigenvalue weighted by Crippen LogP contribution is 2.06. The first-order chi connectivity index (χ1) is 6.33. The van der Waals surface area contributed by atoms with Gasteiger partial charge >= 0.3 is 0 Å². The average Bonchev–Trinajstić information content (AvgIpc) is 2.16. The summed E-state index contributed by atoms with van der Waals surface area (Å²) in [5, 5.41) is 2.82. The van der Waals surface area contributed by atoms with Crippen LogP contribution >= 0.6 is 11.8 Å². The van der Waals surface area contributed by atoms with Crippen molar-refractivity contribution in [3.63, 3.8) is 0 Å². The van der Waals surface area contributed by atoms with E-state index in [4.69, 9.17) is 0 Å². The van der Waals surface area contributed by atoms with Crippen molar-refractivity contribution in [3.05, 3.63) is 30.3 Å². The third kappa shape index (κ3) is 3.99. The van der Waals surface area contributed by atoms with Gasteiger partial charge in [0.25, 0.3) is 0 Å². The van der Waals surface area contributed by atoms with Crippen molar-refractivity contribution in [2.75, 3.05) is 16.8 Å². The zero-order valence-corrected chi connectivity index (χ0v) is 8.43. The lowest BCUT2D eigenvalue weighted by atomic mass is 10.3. The molecule has 0 aliphatic carbocycles. The van der Waals surface area contributed by atoms with E-state index in [0.29, 0.717) is 5.75 Å². The van der Waals surface area contributed by atoms with Gasteiger partial charge < -0.3 is 5.32 Å². The van der Waals surface area contributed by atoms with E-state index < -0.39 is 0 Å². The van der Waals surface area contributed by atoms with Gasteiger partial charge in [0.05, 0.1) is 5.75 Å². The van der Waals surface area contributed by atoms with Crippen molar-refractivity contribution in [2.45, 2.75) is 6.92 Å². The van der Waals surface area contributed by atoms with E-state index in [0.717, 1.165) is 11.4 Å². The molecule has 1 rings (SSSR count).